The first kappa shape index (κ1) is 18.8. The second kappa shape index (κ2) is 9.02. The lowest BCUT2D eigenvalue weighted by molar-refractivity contribution is -0.122. The molecule has 4 nitrogen and oxygen atoms in total. The third-order valence-electron chi connectivity index (χ3n) is 3.69. The molecule has 2 rings (SSSR count). The SMILES string of the molecule is CNC1CCCN(CC(=O)NCc2cc(F)cc(F)c2)C1.Cl. The first-order chi connectivity index (χ1) is 10.1. The maximum atomic E-state index is 13.0. The summed E-state index contributed by atoms with van der Waals surface area (Å²) in [6, 6.07) is 3.68. The topological polar surface area (TPSA) is 44.4 Å². The number of hydrogen-bond acceptors (Lipinski definition) is 3. The Bertz CT molecular complexity index is 481. The molecule has 7 heteroatoms. The van der Waals surface area contributed by atoms with E-state index in [1.54, 1.807) is 0 Å². The fourth-order valence-corrected chi connectivity index (χ4v) is 2.61. The minimum absolute atomic E-state index is 0. The van der Waals surface area contributed by atoms with Crippen LogP contribution in [0.15, 0.2) is 18.2 Å². The summed E-state index contributed by atoms with van der Waals surface area (Å²) in [7, 11) is 1.92. The van der Waals surface area contributed by atoms with Crippen molar-refractivity contribution < 1.29 is 13.6 Å². The Morgan fingerprint density at radius 3 is 2.64 bits per heavy atom. The normalized spacial score (nSPS) is 18.6. The number of carbonyl (C=O) groups excluding carboxylic acids is 1. The highest BCUT2D eigenvalue weighted by molar-refractivity contribution is 5.85. The molecule has 0 aromatic heterocycles. The smallest absolute Gasteiger partial charge is 0.234 e. The van der Waals surface area contributed by atoms with Crippen LogP contribution in [0.1, 0.15) is 18.4 Å². The van der Waals surface area contributed by atoms with Crippen molar-refractivity contribution in [2.75, 3.05) is 26.7 Å². The van der Waals surface area contributed by atoms with Gasteiger partial charge in [-0.2, -0.15) is 0 Å². The van der Waals surface area contributed by atoms with Crippen molar-refractivity contribution in [1.29, 1.82) is 0 Å². The molecule has 22 heavy (non-hydrogen) atoms. The van der Waals surface area contributed by atoms with Gasteiger partial charge in [-0.1, -0.05) is 0 Å². The Kier molecular flexibility index (Phi) is 7.72. The quantitative estimate of drug-likeness (QED) is 0.862. The van der Waals surface area contributed by atoms with Gasteiger partial charge in [0.15, 0.2) is 0 Å². The summed E-state index contributed by atoms with van der Waals surface area (Å²) in [6.07, 6.45) is 2.19. The molecule has 0 bridgehead atoms. The third kappa shape index (κ3) is 5.87. The summed E-state index contributed by atoms with van der Waals surface area (Å²) >= 11 is 0. The van der Waals surface area contributed by atoms with Gasteiger partial charge in [0.1, 0.15) is 11.6 Å². The number of amides is 1. The van der Waals surface area contributed by atoms with E-state index < -0.39 is 11.6 Å². The van der Waals surface area contributed by atoms with Crippen LogP contribution >= 0.6 is 12.4 Å². The Morgan fingerprint density at radius 2 is 2.00 bits per heavy atom. The largest absolute Gasteiger partial charge is 0.351 e. The molecule has 2 N–H and O–H groups in total. The van der Waals surface area contributed by atoms with Crippen molar-refractivity contribution in [3.05, 3.63) is 35.4 Å². The van der Waals surface area contributed by atoms with E-state index in [2.05, 4.69) is 15.5 Å². The Labute approximate surface area is 135 Å². The molecular weight excluding hydrogens is 312 g/mol. The molecule has 1 fully saturated rings. The molecule has 1 atom stereocenters. The van der Waals surface area contributed by atoms with E-state index in [0.717, 1.165) is 32.0 Å². The van der Waals surface area contributed by atoms with Crippen LogP contribution in [0.25, 0.3) is 0 Å². The van der Waals surface area contributed by atoms with E-state index in [1.807, 2.05) is 7.05 Å². The summed E-state index contributed by atoms with van der Waals surface area (Å²) in [5.41, 5.74) is 0.424. The number of piperidine rings is 1. The number of hydrogen-bond donors (Lipinski definition) is 2. The van der Waals surface area contributed by atoms with Crippen molar-refractivity contribution >= 4 is 18.3 Å². The van der Waals surface area contributed by atoms with Crippen molar-refractivity contribution in [1.82, 2.24) is 15.5 Å². The number of benzene rings is 1. The second-order valence-electron chi connectivity index (χ2n) is 5.42. The number of likely N-dealkylation sites (tertiary alicyclic amines) is 1. The van der Waals surface area contributed by atoms with Gasteiger partial charge in [-0.25, -0.2) is 8.78 Å². The van der Waals surface area contributed by atoms with Gasteiger partial charge in [-0.15, -0.1) is 12.4 Å². The van der Waals surface area contributed by atoms with Crippen molar-refractivity contribution in [3.8, 4) is 0 Å². The molecule has 1 unspecified atom stereocenters. The summed E-state index contributed by atoms with van der Waals surface area (Å²) in [6.45, 7) is 2.20. The minimum Gasteiger partial charge on any atom is -0.351 e. The van der Waals surface area contributed by atoms with Crippen LogP contribution in [0.5, 0.6) is 0 Å². The first-order valence-corrected chi connectivity index (χ1v) is 7.18. The van der Waals surface area contributed by atoms with Crippen LogP contribution in [0.3, 0.4) is 0 Å². The van der Waals surface area contributed by atoms with Crippen LogP contribution < -0.4 is 10.6 Å². The van der Waals surface area contributed by atoms with Crippen LogP contribution in [-0.4, -0.2) is 43.5 Å². The average Bonchev–Trinajstić information content (AvgIpc) is 2.44. The van der Waals surface area contributed by atoms with E-state index >= 15 is 0 Å². The Balaban J connectivity index is 0.00000242. The molecule has 1 aliphatic heterocycles. The average molecular weight is 334 g/mol. The van der Waals surface area contributed by atoms with Crippen LogP contribution in [0, 0.1) is 11.6 Å². The lowest BCUT2D eigenvalue weighted by Gasteiger charge is -2.31. The zero-order valence-electron chi connectivity index (χ0n) is 12.6. The van der Waals surface area contributed by atoms with Gasteiger partial charge in [-0.05, 0) is 44.1 Å². The molecule has 1 saturated heterocycles. The van der Waals surface area contributed by atoms with E-state index in [9.17, 15) is 13.6 Å². The lowest BCUT2D eigenvalue weighted by atomic mass is 10.1. The molecule has 1 amide bonds. The molecule has 0 radical (unpaired) electrons. The van der Waals surface area contributed by atoms with Crippen molar-refractivity contribution in [2.24, 2.45) is 0 Å². The summed E-state index contributed by atoms with van der Waals surface area (Å²) < 4.78 is 26.1. The molecule has 1 aromatic carbocycles. The second-order valence-corrected chi connectivity index (χ2v) is 5.42. The summed E-state index contributed by atoms with van der Waals surface area (Å²) in [4.78, 5) is 14.0. The minimum atomic E-state index is -0.632. The van der Waals surface area contributed by atoms with Gasteiger partial charge in [0.25, 0.3) is 0 Å². The summed E-state index contributed by atoms with van der Waals surface area (Å²) in [5.74, 6) is -1.39. The molecule has 124 valence electrons. The standard InChI is InChI=1S/C15H21F2N3O.ClH/c1-18-14-3-2-4-20(9-14)10-15(21)19-8-11-5-12(16)7-13(17)6-11;/h5-7,14,18H,2-4,8-10H2,1H3,(H,19,21);1H. The van der Waals surface area contributed by atoms with Gasteiger partial charge in [-0.3, -0.25) is 9.69 Å². The van der Waals surface area contributed by atoms with Crippen molar-refractivity contribution in [3.63, 3.8) is 0 Å². The maximum absolute atomic E-state index is 13.0. The first-order valence-electron chi connectivity index (χ1n) is 7.18. The molecule has 0 aliphatic carbocycles. The van der Waals surface area contributed by atoms with Crippen molar-refractivity contribution in [2.45, 2.75) is 25.4 Å². The van der Waals surface area contributed by atoms with Gasteiger partial charge >= 0.3 is 0 Å². The molecule has 0 spiro atoms. The number of nitrogens with zero attached hydrogens (tertiary/aromatic N) is 1. The predicted octanol–water partition coefficient (Wildman–Crippen LogP) is 1.69. The summed E-state index contributed by atoms with van der Waals surface area (Å²) in [5, 5.41) is 5.92. The number of likely N-dealkylation sites (N-methyl/N-ethyl adjacent to an activating group) is 1. The number of carbonyl (C=O) groups is 1. The Morgan fingerprint density at radius 1 is 1.32 bits per heavy atom. The van der Waals surface area contributed by atoms with E-state index in [1.165, 1.54) is 12.1 Å². The fraction of sp³-hybridized carbons (Fsp3) is 0.533. The lowest BCUT2D eigenvalue weighted by Crippen LogP contribution is -2.47. The van der Waals surface area contributed by atoms with Gasteiger partial charge in [0, 0.05) is 25.2 Å². The molecule has 1 heterocycles. The number of rotatable bonds is 5. The molecule has 1 aliphatic rings. The van der Waals surface area contributed by atoms with Crippen LogP contribution in [0.2, 0.25) is 0 Å². The molecule has 1 aromatic rings. The zero-order chi connectivity index (χ0) is 15.2. The highest BCUT2D eigenvalue weighted by Crippen LogP contribution is 2.10. The molecule has 0 saturated carbocycles. The van der Waals surface area contributed by atoms with E-state index in [0.29, 0.717) is 18.2 Å². The monoisotopic (exact) mass is 333 g/mol. The highest BCUT2D eigenvalue weighted by atomic mass is 35.5. The maximum Gasteiger partial charge on any atom is 0.234 e. The van der Waals surface area contributed by atoms with Crippen LogP contribution in [0.4, 0.5) is 8.78 Å². The third-order valence-corrected chi connectivity index (χ3v) is 3.69. The molecular formula is C15H22ClF2N3O. The number of halogens is 3. The predicted molar refractivity (Wildman–Crippen MR) is 84.0 cm³/mol. The van der Waals surface area contributed by atoms with Gasteiger partial charge in [0.2, 0.25) is 5.91 Å². The van der Waals surface area contributed by atoms with E-state index in [-0.39, 0.29) is 24.9 Å². The zero-order valence-corrected chi connectivity index (χ0v) is 13.4. The number of nitrogens with one attached hydrogen (secondary N) is 2. The van der Waals surface area contributed by atoms with E-state index in [4.69, 9.17) is 0 Å². The Hall–Kier alpha value is -1.24. The van der Waals surface area contributed by atoms with Gasteiger partial charge in [0.05, 0.1) is 6.54 Å². The fourth-order valence-electron chi connectivity index (χ4n) is 2.61. The highest BCUT2D eigenvalue weighted by Gasteiger charge is 2.20. The van der Waals surface area contributed by atoms with Gasteiger partial charge < -0.3 is 10.6 Å². The van der Waals surface area contributed by atoms with Crippen LogP contribution in [-0.2, 0) is 11.3 Å².